The van der Waals surface area contributed by atoms with Crippen LogP contribution < -0.4 is 20.3 Å². The van der Waals surface area contributed by atoms with E-state index in [1.165, 1.54) is 0 Å². The van der Waals surface area contributed by atoms with Crippen LogP contribution in [0.1, 0.15) is 54.8 Å². The molecule has 0 saturated heterocycles. The molecule has 0 aliphatic rings. The van der Waals surface area contributed by atoms with Gasteiger partial charge in [-0.3, -0.25) is 20.4 Å². The number of nitrogens with one attached hydrogen (secondary N) is 2. The molecule has 1 unspecified atom stereocenters. The van der Waals surface area contributed by atoms with Gasteiger partial charge in [-0.25, -0.2) is 0 Å². The number of hydrazine groups is 1. The summed E-state index contributed by atoms with van der Waals surface area (Å²) in [7, 11) is 0. The average molecular weight is 384 g/mol. The van der Waals surface area contributed by atoms with E-state index < -0.39 is 11.8 Å². The molecule has 0 heterocycles. The molecule has 0 saturated carbocycles. The topological polar surface area (TPSA) is 76.7 Å². The Morgan fingerprint density at radius 3 is 1.71 bits per heavy atom. The lowest BCUT2D eigenvalue weighted by Gasteiger charge is -2.13. The average Bonchev–Trinajstić information content (AvgIpc) is 2.71. The van der Waals surface area contributed by atoms with Crippen molar-refractivity contribution in [1.82, 2.24) is 10.9 Å². The highest BCUT2D eigenvalue weighted by atomic mass is 16.5. The van der Waals surface area contributed by atoms with Crippen LogP contribution in [0.25, 0.3) is 0 Å². The van der Waals surface area contributed by atoms with Crippen LogP contribution >= 0.6 is 0 Å². The Morgan fingerprint density at radius 1 is 0.821 bits per heavy atom. The van der Waals surface area contributed by atoms with Gasteiger partial charge in [-0.1, -0.05) is 20.8 Å². The predicted molar refractivity (Wildman–Crippen MR) is 109 cm³/mol. The van der Waals surface area contributed by atoms with E-state index in [0.717, 1.165) is 6.42 Å². The Hall–Kier alpha value is -3.02. The van der Waals surface area contributed by atoms with Crippen molar-refractivity contribution >= 4 is 11.8 Å². The van der Waals surface area contributed by atoms with Crippen LogP contribution in [-0.4, -0.2) is 24.5 Å². The molecule has 0 fully saturated rings. The van der Waals surface area contributed by atoms with Crippen LogP contribution in [-0.2, 0) is 0 Å². The molecule has 1 atom stereocenters. The molecule has 2 amide bonds. The van der Waals surface area contributed by atoms with Gasteiger partial charge < -0.3 is 9.47 Å². The van der Waals surface area contributed by atoms with Gasteiger partial charge in [0, 0.05) is 11.1 Å². The summed E-state index contributed by atoms with van der Waals surface area (Å²) in [5, 5.41) is 0. The maximum atomic E-state index is 12.2. The van der Waals surface area contributed by atoms with E-state index in [-0.39, 0.29) is 6.10 Å². The molecule has 0 aromatic heterocycles. The molecule has 0 radical (unpaired) electrons. The zero-order valence-corrected chi connectivity index (χ0v) is 16.8. The van der Waals surface area contributed by atoms with Crippen LogP contribution in [0.3, 0.4) is 0 Å². The second-order valence-corrected chi connectivity index (χ2v) is 7.00. The van der Waals surface area contributed by atoms with Crippen LogP contribution in [0.15, 0.2) is 48.5 Å². The summed E-state index contributed by atoms with van der Waals surface area (Å²) in [4.78, 5) is 24.4. The standard InChI is InChI=1S/C22H28N2O4/c1-5-16(4)28-20-12-8-18(9-13-20)22(26)24-23-21(25)17-6-10-19(11-7-17)27-14-15(2)3/h6-13,15-16H,5,14H2,1-4H3,(H,23,25)(H,24,26). The van der Waals surface area contributed by atoms with Crippen molar-refractivity contribution in [3.8, 4) is 11.5 Å². The van der Waals surface area contributed by atoms with Gasteiger partial charge in [0.05, 0.1) is 12.7 Å². The fourth-order valence-corrected chi connectivity index (χ4v) is 2.22. The second kappa shape index (κ2) is 10.3. The van der Waals surface area contributed by atoms with Crippen LogP contribution in [0.5, 0.6) is 11.5 Å². The third kappa shape index (κ3) is 6.61. The molecule has 0 bridgehead atoms. The van der Waals surface area contributed by atoms with Gasteiger partial charge in [0.15, 0.2) is 0 Å². The largest absolute Gasteiger partial charge is 0.493 e. The van der Waals surface area contributed by atoms with E-state index in [9.17, 15) is 9.59 Å². The number of amides is 2. The molecule has 2 aromatic carbocycles. The van der Waals surface area contributed by atoms with Crippen LogP contribution in [0.4, 0.5) is 0 Å². The first-order valence-electron chi connectivity index (χ1n) is 9.49. The molecule has 6 nitrogen and oxygen atoms in total. The number of carbonyl (C=O) groups is 2. The summed E-state index contributed by atoms with van der Waals surface area (Å²) < 4.78 is 11.3. The number of carbonyl (C=O) groups excluding carboxylic acids is 2. The maximum Gasteiger partial charge on any atom is 0.269 e. The third-order valence-corrected chi connectivity index (χ3v) is 4.02. The first kappa shape index (κ1) is 21.3. The molecule has 6 heteroatoms. The molecule has 2 rings (SSSR count). The number of hydrogen-bond acceptors (Lipinski definition) is 4. The SMILES string of the molecule is CCC(C)Oc1ccc(C(=O)NNC(=O)c2ccc(OCC(C)C)cc2)cc1. The van der Waals surface area contributed by atoms with Crippen molar-refractivity contribution in [2.24, 2.45) is 5.92 Å². The highest BCUT2D eigenvalue weighted by molar-refractivity contribution is 5.99. The molecule has 2 aromatic rings. The molecular formula is C22H28N2O4. The zero-order chi connectivity index (χ0) is 20.5. The molecular weight excluding hydrogens is 356 g/mol. The normalized spacial score (nSPS) is 11.6. The Labute approximate surface area is 166 Å². The van der Waals surface area contributed by atoms with Gasteiger partial charge in [0.25, 0.3) is 11.8 Å². The quantitative estimate of drug-likeness (QED) is 0.675. The Kier molecular flexibility index (Phi) is 7.87. The monoisotopic (exact) mass is 384 g/mol. The molecule has 0 spiro atoms. The van der Waals surface area contributed by atoms with Crippen LogP contribution in [0, 0.1) is 5.92 Å². The summed E-state index contributed by atoms with van der Waals surface area (Å²) in [6, 6.07) is 13.5. The van der Waals surface area contributed by atoms with Crippen molar-refractivity contribution < 1.29 is 19.1 Å². The zero-order valence-electron chi connectivity index (χ0n) is 16.8. The molecule has 150 valence electrons. The number of benzene rings is 2. The summed E-state index contributed by atoms with van der Waals surface area (Å²) in [5.41, 5.74) is 5.68. The van der Waals surface area contributed by atoms with E-state index >= 15 is 0 Å². The van der Waals surface area contributed by atoms with Gasteiger partial charge in [-0.2, -0.15) is 0 Å². The van der Waals surface area contributed by atoms with Gasteiger partial charge in [-0.05, 0) is 67.8 Å². The predicted octanol–water partition coefficient (Wildman–Crippen LogP) is 3.97. The second-order valence-electron chi connectivity index (χ2n) is 7.00. The van der Waals surface area contributed by atoms with Gasteiger partial charge in [0.2, 0.25) is 0 Å². The van der Waals surface area contributed by atoms with Crippen molar-refractivity contribution in [3.05, 3.63) is 59.7 Å². The smallest absolute Gasteiger partial charge is 0.269 e. The first-order chi connectivity index (χ1) is 13.4. The fraction of sp³-hybridized carbons (Fsp3) is 0.364. The molecule has 0 aliphatic heterocycles. The van der Waals surface area contributed by atoms with Crippen molar-refractivity contribution in [2.75, 3.05) is 6.61 Å². The van der Waals surface area contributed by atoms with Crippen molar-refractivity contribution in [1.29, 1.82) is 0 Å². The number of hydrogen-bond donors (Lipinski definition) is 2. The van der Waals surface area contributed by atoms with E-state index in [2.05, 4.69) is 24.7 Å². The summed E-state index contributed by atoms with van der Waals surface area (Å²) in [6.45, 7) is 8.77. The minimum atomic E-state index is -0.402. The minimum absolute atomic E-state index is 0.112. The van der Waals surface area contributed by atoms with E-state index in [1.807, 2.05) is 13.8 Å². The fourth-order valence-electron chi connectivity index (χ4n) is 2.22. The first-order valence-corrected chi connectivity index (χ1v) is 9.49. The van der Waals surface area contributed by atoms with Gasteiger partial charge in [-0.15, -0.1) is 0 Å². The van der Waals surface area contributed by atoms with E-state index in [4.69, 9.17) is 9.47 Å². The summed E-state index contributed by atoms with van der Waals surface area (Å²) in [6.07, 6.45) is 1.01. The molecule has 2 N–H and O–H groups in total. The number of ether oxygens (including phenoxy) is 2. The van der Waals surface area contributed by atoms with Crippen molar-refractivity contribution in [2.45, 2.75) is 40.2 Å². The summed E-state index contributed by atoms with van der Waals surface area (Å²) >= 11 is 0. The summed E-state index contributed by atoms with van der Waals surface area (Å²) in [5.74, 6) is 1.03. The van der Waals surface area contributed by atoms with E-state index in [1.54, 1.807) is 48.5 Å². The lowest BCUT2D eigenvalue weighted by atomic mass is 10.2. The molecule has 28 heavy (non-hydrogen) atoms. The minimum Gasteiger partial charge on any atom is -0.493 e. The maximum absolute atomic E-state index is 12.2. The Bertz CT molecular complexity index is 770. The Morgan fingerprint density at radius 2 is 1.29 bits per heavy atom. The lowest BCUT2D eigenvalue weighted by molar-refractivity contribution is 0.0846. The molecule has 0 aliphatic carbocycles. The highest BCUT2D eigenvalue weighted by Gasteiger charge is 2.10. The number of rotatable bonds is 8. The highest BCUT2D eigenvalue weighted by Crippen LogP contribution is 2.15. The van der Waals surface area contributed by atoms with Gasteiger partial charge >= 0.3 is 0 Å². The lowest BCUT2D eigenvalue weighted by Crippen LogP contribution is -2.41. The Balaban J connectivity index is 1.85. The third-order valence-electron chi connectivity index (χ3n) is 4.02. The van der Waals surface area contributed by atoms with Crippen molar-refractivity contribution in [3.63, 3.8) is 0 Å². The van der Waals surface area contributed by atoms with Crippen LogP contribution in [0.2, 0.25) is 0 Å². The van der Waals surface area contributed by atoms with E-state index in [0.29, 0.717) is 35.2 Å². The van der Waals surface area contributed by atoms with Gasteiger partial charge in [0.1, 0.15) is 11.5 Å².